The lowest BCUT2D eigenvalue weighted by Crippen LogP contribution is -2.41. The third kappa shape index (κ3) is 4.89. The van der Waals surface area contributed by atoms with Gasteiger partial charge in [-0.1, -0.05) is 12.1 Å². The molecule has 0 aliphatic carbocycles. The van der Waals surface area contributed by atoms with Gasteiger partial charge in [0.2, 0.25) is 0 Å². The molecule has 0 saturated carbocycles. The average molecular weight is 359 g/mol. The summed E-state index contributed by atoms with van der Waals surface area (Å²) in [6.45, 7) is 1.55. The van der Waals surface area contributed by atoms with Gasteiger partial charge in [-0.3, -0.25) is 4.79 Å². The molecule has 0 bridgehead atoms. The Balaban J connectivity index is 2.04. The molecule has 2 atom stereocenters. The maximum absolute atomic E-state index is 12.3. The summed E-state index contributed by atoms with van der Waals surface area (Å²) in [5.41, 5.74) is 0.434. The van der Waals surface area contributed by atoms with E-state index < -0.39 is 24.0 Å². The first kappa shape index (κ1) is 19.1. The van der Waals surface area contributed by atoms with Crippen LogP contribution < -0.4 is 19.5 Å². The molecule has 7 heteroatoms. The first-order valence-electron chi connectivity index (χ1n) is 7.92. The van der Waals surface area contributed by atoms with Gasteiger partial charge in [0.05, 0.1) is 14.2 Å². The Morgan fingerprint density at radius 1 is 0.885 bits per heavy atom. The van der Waals surface area contributed by atoms with Crippen LogP contribution in [0.1, 0.15) is 18.5 Å². The lowest BCUT2D eigenvalue weighted by Gasteiger charge is -2.19. The number of aliphatic carboxylic acids is 1. The van der Waals surface area contributed by atoms with Crippen molar-refractivity contribution in [1.29, 1.82) is 0 Å². The fourth-order valence-electron chi connectivity index (χ4n) is 2.26. The highest BCUT2D eigenvalue weighted by molar-refractivity contribution is 5.87. The van der Waals surface area contributed by atoms with Gasteiger partial charge in [-0.25, -0.2) is 4.79 Å². The number of amides is 1. The standard InChI is InChI=1S/C19H21NO6/c1-12(26-16-10-8-15(25-3)9-11-16)18(21)20-17(19(22)23)13-4-6-14(24-2)7-5-13/h4-12,17H,1-3H3,(H,20,21)(H,22,23). The van der Waals surface area contributed by atoms with E-state index in [1.54, 1.807) is 62.6 Å². The number of hydrogen-bond donors (Lipinski definition) is 2. The van der Waals surface area contributed by atoms with E-state index in [0.717, 1.165) is 0 Å². The molecule has 2 aromatic carbocycles. The van der Waals surface area contributed by atoms with E-state index in [1.165, 1.54) is 7.11 Å². The number of ether oxygens (including phenoxy) is 3. The van der Waals surface area contributed by atoms with Crippen LogP contribution in [0.3, 0.4) is 0 Å². The number of rotatable bonds is 8. The highest BCUT2D eigenvalue weighted by Gasteiger charge is 2.25. The third-order valence-corrected chi connectivity index (χ3v) is 3.72. The fourth-order valence-corrected chi connectivity index (χ4v) is 2.26. The largest absolute Gasteiger partial charge is 0.497 e. The molecule has 26 heavy (non-hydrogen) atoms. The molecule has 138 valence electrons. The summed E-state index contributed by atoms with van der Waals surface area (Å²) in [5, 5.41) is 11.9. The zero-order valence-electron chi connectivity index (χ0n) is 14.8. The zero-order chi connectivity index (χ0) is 19.1. The summed E-state index contributed by atoms with van der Waals surface area (Å²) in [6.07, 6.45) is -0.872. The second-order valence-corrected chi connectivity index (χ2v) is 5.49. The van der Waals surface area contributed by atoms with Crippen molar-refractivity contribution in [3.63, 3.8) is 0 Å². The molecule has 2 aromatic rings. The minimum absolute atomic E-state index is 0.434. The fraction of sp³-hybridized carbons (Fsp3) is 0.263. The second-order valence-electron chi connectivity index (χ2n) is 5.49. The van der Waals surface area contributed by atoms with Gasteiger partial charge in [-0.2, -0.15) is 0 Å². The van der Waals surface area contributed by atoms with E-state index in [4.69, 9.17) is 14.2 Å². The van der Waals surface area contributed by atoms with Crippen molar-refractivity contribution in [2.24, 2.45) is 0 Å². The minimum atomic E-state index is -1.18. The van der Waals surface area contributed by atoms with E-state index in [-0.39, 0.29) is 0 Å². The topological polar surface area (TPSA) is 94.1 Å². The van der Waals surface area contributed by atoms with E-state index in [9.17, 15) is 14.7 Å². The third-order valence-electron chi connectivity index (χ3n) is 3.72. The van der Waals surface area contributed by atoms with Crippen molar-refractivity contribution in [3.05, 3.63) is 54.1 Å². The van der Waals surface area contributed by atoms with Crippen LogP contribution in [-0.4, -0.2) is 37.3 Å². The van der Waals surface area contributed by atoms with Gasteiger partial charge < -0.3 is 24.6 Å². The van der Waals surface area contributed by atoms with Gasteiger partial charge in [-0.05, 0) is 48.9 Å². The van der Waals surface area contributed by atoms with Crippen molar-refractivity contribution >= 4 is 11.9 Å². The predicted molar refractivity (Wildman–Crippen MR) is 94.6 cm³/mol. The van der Waals surface area contributed by atoms with E-state index >= 15 is 0 Å². The summed E-state index contributed by atoms with van der Waals surface area (Å²) in [6, 6.07) is 12.0. The quantitative estimate of drug-likeness (QED) is 0.752. The Hall–Kier alpha value is -3.22. The zero-order valence-corrected chi connectivity index (χ0v) is 14.8. The van der Waals surface area contributed by atoms with E-state index in [0.29, 0.717) is 22.8 Å². The maximum atomic E-state index is 12.3. The molecule has 2 rings (SSSR count). The highest BCUT2D eigenvalue weighted by Crippen LogP contribution is 2.20. The lowest BCUT2D eigenvalue weighted by atomic mass is 10.1. The Kier molecular flexibility index (Phi) is 6.43. The van der Waals surface area contributed by atoms with Crippen LogP contribution in [0.5, 0.6) is 17.2 Å². The minimum Gasteiger partial charge on any atom is -0.497 e. The van der Waals surface area contributed by atoms with Crippen molar-refractivity contribution in [3.8, 4) is 17.2 Å². The lowest BCUT2D eigenvalue weighted by molar-refractivity contribution is -0.143. The number of carboxylic acid groups (broad SMARTS) is 1. The summed E-state index contributed by atoms with van der Waals surface area (Å²) < 4.78 is 15.7. The van der Waals surface area contributed by atoms with Gasteiger partial charge >= 0.3 is 5.97 Å². The number of methoxy groups -OCH3 is 2. The van der Waals surface area contributed by atoms with Crippen LogP contribution in [0.25, 0.3) is 0 Å². The molecule has 1 amide bonds. The number of carboxylic acids is 1. The molecule has 0 spiro atoms. The first-order chi connectivity index (χ1) is 12.4. The van der Waals surface area contributed by atoms with Crippen molar-refractivity contribution < 1.29 is 28.9 Å². The van der Waals surface area contributed by atoms with Crippen LogP contribution in [-0.2, 0) is 9.59 Å². The maximum Gasteiger partial charge on any atom is 0.330 e. The van der Waals surface area contributed by atoms with Crippen LogP contribution in [0.2, 0.25) is 0 Å². The van der Waals surface area contributed by atoms with Gasteiger partial charge in [0.25, 0.3) is 5.91 Å². The van der Waals surface area contributed by atoms with E-state index in [2.05, 4.69) is 5.32 Å². The normalized spacial score (nSPS) is 12.6. The molecule has 0 radical (unpaired) electrons. The highest BCUT2D eigenvalue weighted by atomic mass is 16.5. The molecular weight excluding hydrogens is 338 g/mol. The predicted octanol–water partition coefficient (Wildman–Crippen LogP) is 2.41. The van der Waals surface area contributed by atoms with Crippen LogP contribution in [0.4, 0.5) is 0 Å². The van der Waals surface area contributed by atoms with Crippen molar-refractivity contribution in [1.82, 2.24) is 5.32 Å². The summed E-state index contributed by atoms with van der Waals surface area (Å²) in [4.78, 5) is 23.9. The number of benzene rings is 2. The van der Waals surface area contributed by atoms with Crippen molar-refractivity contribution in [2.75, 3.05) is 14.2 Å². The molecule has 0 heterocycles. The number of nitrogens with one attached hydrogen (secondary N) is 1. The van der Waals surface area contributed by atoms with E-state index in [1.807, 2.05) is 0 Å². The molecule has 2 unspecified atom stereocenters. The van der Waals surface area contributed by atoms with Crippen LogP contribution in [0.15, 0.2) is 48.5 Å². The number of carbonyl (C=O) groups excluding carboxylic acids is 1. The molecule has 0 fully saturated rings. The van der Waals surface area contributed by atoms with Gasteiger partial charge in [-0.15, -0.1) is 0 Å². The second kappa shape index (κ2) is 8.75. The van der Waals surface area contributed by atoms with Gasteiger partial charge in [0, 0.05) is 0 Å². The smallest absolute Gasteiger partial charge is 0.330 e. The number of hydrogen-bond acceptors (Lipinski definition) is 5. The van der Waals surface area contributed by atoms with Crippen LogP contribution >= 0.6 is 0 Å². The average Bonchev–Trinajstić information content (AvgIpc) is 2.66. The molecule has 0 aromatic heterocycles. The molecule has 2 N–H and O–H groups in total. The van der Waals surface area contributed by atoms with Gasteiger partial charge in [0.1, 0.15) is 17.2 Å². The Bertz CT molecular complexity index is 742. The Labute approximate surface area is 151 Å². The Morgan fingerprint density at radius 3 is 1.81 bits per heavy atom. The van der Waals surface area contributed by atoms with Crippen LogP contribution in [0, 0.1) is 0 Å². The molecular formula is C19H21NO6. The molecule has 0 saturated heterocycles. The summed E-state index contributed by atoms with van der Waals surface area (Å²) in [7, 11) is 3.07. The summed E-state index contributed by atoms with van der Waals surface area (Å²) in [5.74, 6) is 0.0364. The Morgan fingerprint density at radius 2 is 1.35 bits per heavy atom. The molecule has 7 nitrogen and oxygen atoms in total. The summed E-state index contributed by atoms with van der Waals surface area (Å²) >= 11 is 0. The number of carbonyl (C=O) groups is 2. The van der Waals surface area contributed by atoms with Gasteiger partial charge in [0.15, 0.2) is 12.1 Å². The SMILES string of the molecule is COc1ccc(OC(C)C(=O)NC(C(=O)O)c2ccc(OC)cc2)cc1. The first-order valence-corrected chi connectivity index (χ1v) is 7.92. The van der Waals surface area contributed by atoms with Crippen molar-refractivity contribution in [2.45, 2.75) is 19.1 Å². The molecule has 0 aliphatic heterocycles. The molecule has 0 aliphatic rings. The monoisotopic (exact) mass is 359 g/mol.